The maximum absolute atomic E-state index is 14.4. The second kappa shape index (κ2) is 17.8. The molecule has 56 heavy (non-hydrogen) atoms. The summed E-state index contributed by atoms with van der Waals surface area (Å²) in [6, 6.07) is 11.3. The van der Waals surface area contributed by atoms with Gasteiger partial charge in [0.15, 0.2) is 11.5 Å². The lowest BCUT2D eigenvalue weighted by Gasteiger charge is -2.35. The van der Waals surface area contributed by atoms with Crippen LogP contribution in [0.15, 0.2) is 42.7 Å². The normalized spacial score (nSPS) is 16.5. The van der Waals surface area contributed by atoms with Crippen molar-refractivity contribution in [2.75, 3.05) is 65.5 Å². The SMILES string of the molecule is COc1cc2nc3c(cc2c(OC)c1OC)CN(C(=O)Cn1nc2ccccc2n1)CCN(C(=O)c1nc[nH]c1C)CCC(=O)NCC1CCCN3C1.O=CO. The van der Waals surface area contributed by atoms with Crippen LogP contribution in [-0.4, -0.2) is 130 Å². The minimum Gasteiger partial charge on any atom is -0.493 e. The number of anilines is 1. The molecule has 1 saturated heterocycles. The number of methoxy groups -OCH3 is 3. The van der Waals surface area contributed by atoms with Crippen LogP contribution in [0.25, 0.3) is 21.9 Å². The lowest BCUT2D eigenvalue weighted by atomic mass is 9.97. The number of amides is 3. The molecule has 1 atom stereocenters. The van der Waals surface area contributed by atoms with Crippen molar-refractivity contribution in [1.29, 1.82) is 0 Å². The molecule has 18 heteroatoms. The van der Waals surface area contributed by atoms with Gasteiger partial charge in [-0.3, -0.25) is 19.2 Å². The molecule has 2 aliphatic rings. The van der Waals surface area contributed by atoms with Gasteiger partial charge in [-0.2, -0.15) is 15.0 Å². The number of benzene rings is 2. The van der Waals surface area contributed by atoms with Crippen molar-refractivity contribution in [3.8, 4) is 17.2 Å². The summed E-state index contributed by atoms with van der Waals surface area (Å²) in [7, 11) is 4.69. The Hall–Kier alpha value is -6.46. The van der Waals surface area contributed by atoms with Crippen LogP contribution in [0.1, 0.15) is 41.0 Å². The third kappa shape index (κ3) is 8.58. The third-order valence-corrected chi connectivity index (χ3v) is 9.97. The van der Waals surface area contributed by atoms with Gasteiger partial charge in [0.05, 0.1) is 33.2 Å². The first-order valence-corrected chi connectivity index (χ1v) is 18.3. The summed E-state index contributed by atoms with van der Waals surface area (Å²) in [5.74, 6) is 1.55. The number of carbonyl (C=O) groups excluding carboxylic acids is 3. The van der Waals surface area contributed by atoms with Gasteiger partial charge in [0.1, 0.15) is 29.1 Å². The van der Waals surface area contributed by atoms with Crippen molar-refractivity contribution in [3.05, 3.63) is 59.7 Å². The van der Waals surface area contributed by atoms with E-state index < -0.39 is 0 Å². The fourth-order valence-corrected chi connectivity index (χ4v) is 7.19. The van der Waals surface area contributed by atoms with Crippen LogP contribution in [0, 0.1) is 12.8 Å². The van der Waals surface area contributed by atoms with Gasteiger partial charge < -0.3 is 44.3 Å². The molecule has 7 rings (SSSR count). The van der Waals surface area contributed by atoms with Gasteiger partial charge in [0.2, 0.25) is 17.6 Å². The smallest absolute Gasteiger partial charge is 0.290 e. The summed E-state index contributed by atoms with van der Waals surface area (Å²) in [4.78, 5) is 69.1. The van der Waals surface area contributed by atoms with Gasteiger partial charge in [0.25, 0.3) is 12.4 Å². The van der Waals surface area contributed by atoms with Crippen molar-refractivity contribution in [2.24, 2.45) is 5.92 Å². The van der Waals surface area contributed by atoms with E-state index in [9.17, 15) is 14.4 Å². The molecule has 296 valence electrons. The Morgan fingerprint density at radius 1 is 0.964 bits per heavy atom. The lowest BCUT2D eigenvalue weighted by molar-refractivity contribution is -0.133. The quantitative estimate of drug-likeness (QED) is 0.213. The number of nitrogens with one attached hydrogen (secondary N) is 2. The molecular weight excluding hydrogens is 724 g/mol. The number of imidazole rings is 1. The maximum atomic E-state index is 14.4. The van der Waals surface area contributed by atoms with Crippen LogP contribution >= 0.6 is 0 Å². The molecule has 0 aliphatic carbocycles. The van der Waals surface area contributed by atoms with Gasteiger partial charge >= 0.3 is 0 Å². The number of pyridine rings is 1. The van der Waals surface area contributed by atoms with Gasteiger partial charge in [0, 0.05) is 74.9 Å². The van der Waals surface area contributed by atoms with E-state index >= 15 is 0 Å². The molecule has 0 spiro atoms. The first-order chi connectivity index (χ1) is 27.2. The minimum absolute atomic E-state index is 0.111. The number of nitrogens with zero attached hydrogens (tertiary/aromatic N) is 8. The number of rotatable bonds is 6. The Morgan fingerprint density at radius 2 is 1.68 bits per heavy atom. The largest absolute Gasteiger partial charge is 0.493 e. The average Bonchev–Trinajstić information content (AvgIpc) is 3.83. The van der Waals surface area contributed by atoms with Crippen molar-refractivity contribution < 1.29 is 38.5 Å². The molecule has 0 saturated carbocycles. The number of ether oxygens (including phenoxy) is 3. The van der Waals surface area contributed by atoms with Crippen LogP contribution in [0.4, 0.5) is 5.82 Å². The number of aryl methyl sites for hydroxylation is 1. The van der Waals surface area contributed by atoms with Crippen molar-refractivity contribution in [1.82, 2.24) is 45.1 Å². The Labute approximate surface area is 322 Å². The molecule has 2 aromatic carbocycles. The highest BCUT2D eigenvalue weighted by molar-refractivity contribution is 5.94. The van der Waals surface area contributed by atoms with E-state index in [1.807, 2.05) is 36.4 Å². The number of hydrogen-bond donors (Lipinski definition) is 3. The summed E-state index contributed by atoms with van der Waals surface area (Å²) < 4.78 is 17.2. The summed E-state index contributed by atoms with van der Waals surface area (Å²) >= 11 is 0. The van der Waals surface area contributed by atoms with E-state index in [0.717, 1.165) is 30.8 Å². The fraction of sp³-hybridized carbons (Fsp3) is 0.421. The summed E-state index contributed by atoms with van der Waals surface area (Å²) in [6.45, 7) is 3.94. The average molecular weight is 771 g/mol. The zero-order chi connectivity index (χ0) is 39.8. The highest BCUT2D eigenvalue weighted by Crippen LogP contribution is 2.44. The molecule has 18 nitrogen and oxygen atoms in total. The van der Waals surface area contributed by atoms with Crippen LogP contribution in [-0.2, 0) is 27.5 Å². The summed E-state index contributed by atoms with van der Waals surface area (Å²) in [6.07, 6.45) is 3.43. The van der Waals surface area contributed by atoms with Crippen LogP contribution in [0.3, 0.4) is 0 Å². The van der Waals surface area contributed by atoms with E-state index in [4.69, 9.17) is 29.1 Å². The van der Waals surface area contributed by atoms with Crippen LogP contribution < -0.4 is 24.4 Å². The topological polar surface area (TPSA) is 210 Å². The summed E-state index contributed by atoms with van der Waals surface area (Å²) in [5.41, 5.74) is 3.68. The molecule has 0 radical (unpaired) electrons. The Morgan fingerprint density at radius 3 is 2.34 bits per heavy atom. The first kappa shape index (κ1) is 39.2. The highest BCUT2D eigenvalue weighted by Gasteiger charge is 2.29. The summed E-state index contributed by atoms with van der Waals surface area (Å²) in [5, 5.41) is 19.8. The second-order valence-electron chi connectivity index (χ2n) is 13.5. The van der Waals surface area contributed by atoms with Crippen molar-refractivity contribution >= 4 is 51.9 Å². The Bertz CT molecular complexity index is 2170. The number of piperidine rings is 1. The number of aromatic amines is 1. The van der Waals surface area contributed by atoms with Gasteiger partial charge in [-0.15, -0.1) is 0 Å². The maximum Gasteiger partial charge on any atom is 0.290 e. The molecule has 5 aromatic rings. The number of fused-ring (bicyclic) bond motifs is 6. The van der Waals surface area contributed by atoms with Crippen LogP contribution in [0.2, 0.25) is 0 Å². The molecule has 3 amide bonds. The van der Waals surface area contributed by atoms with Gasteiger partial charge in [-0.1, -0.05) is 12.1 Å². The van der Waals surface area contributed by atoms with Gasteiger partial charge in [-0.05, 0) is 43.9 Å². The number of carboxylic acid groups (broad SMARTS) is 1. The molecule has 2 bridgehead atoms. The molecule has 3 N–H and O–H groups in total. The zero-order valence-corrected chi connectivity index (χ0v) is 31.9. The zero-order valence-electron chi connectivity index (χ0n) is 31.9. The fourth-order valence-electron chi connectivity index (χ4n) is 7.19. The van der Waals surface area contributed by atoms with Gasteiger partial charge in [-0.25, -0.2) is 9.97 Å². The molecule has 3 aromatic heterocycles. The lowest BCUT2D eigenvalue weighted by Crippen LogP contribution is -2.43. The van der Waals surface area contributed by atoms with Crippen molar-refractivity contribution in [3.63, 3.8) is 0 Å². The number of hydrogen-bond acceptors (Lipinski definition) is 12. The van der Waals surface area contributed by atoms with Crippen molar-refractivity contribution in [2.45, 2.75) is 39.3 Å². The number of carbonyl (C=O) groups is 4. The molecule has 1 unspecified atom stereocenters. The molecule has 1 fully saturated rings. The monoisotopic (exact) mass is 770 g/mol. The molecular formula is C38H46N10O8. The standard InChI is InChI=1S/C37H44N10O6.CH2O2/c1-23-33(40-22-39-23)37(50)44-13-11-31(48)38-18-24-8-7-12-46(19-24)36-25(16-26-29(41-36)17-30(51-2)35(53-4)34(26)52-3)20-45(15-14-44)32(49)21-47-42-27-9-5-6-10-28(27)43-47;2-1-3/h5-6,9-10,16-17,22,24H,7-8,11-15,18-21H2,1-4H3,(H,38,48)(H,39,40);1H,(H,2,3). The highest BCUT2D eigenvalue weighted by atomic mass is 16.5. The predicted molar refractivity (Wildman–Crippen MR) is 205 cm³/mol. The number of aromatic nitrogens is 6. The van der Waals surface area contributed by atoms with E-state index in [0.29, 0.717) is 58.0 Å². The molecule has 5 heterocycles. The third-order valence-electron chi connectivity index (χ3n) is 9.97. The van der Waals surface area contributed by atoms with Crippen LogP contribution in [0.5, 0.6) is 17.2 Å². The Balaban J connectivity index is 0.00000172. The van der Waals surface area contributed by atoms with E-state index in [-0.39, 0.29) is 75.0 Å². The predicted octanol–water partition coefficient (Wildman–Crippen LogP) is 2.65. The van der Waals surface area contributed by atoms with E-state index in [1.165, 1.54) is 11.1 Å². The Kier molecular flexibility index (Phi) is 12.5. The minimum atomic E-state index is -0.325. The molecule has 2 aliphatic heterocycles. The second-order valence-corrected chi connectivity index (χ2v) is 13.5. The van der Waals surface area contributed by atoms with E-state index in [1.54, 1.807) is 38.1 Å². The number of H-pyrrole nitrogens is 1. The first-order valence-electron chi connectivity index (χ1n) is 18.3. The van der Waals surface area contributed by atoms with E-state index in [2.05, 4.69) is 30.4 Å².